The van der Waals surface area contributed by atoms with Gasteiger partial charge in [-0.15, -0.1) is 4.72 Å². The fourth-order valence-electron chi connectivity index (χ4n) is 2.72. The van der Waals surface area contributed by atoms with Gasteiger partial charge >= 0.3 is 5.97 Å². The second-order valence-corrected chi connectivity index (χ2v) is 10.7. The van der Waals surface area contributed by atoms with Crippen LogP contribution in [0.1, 0.15) is 81.9 Å². The average molecular weight is 352 g/mol. The van der Waals surface area contributed by atoms with E-state index in [0.29, 0.717) is 11.5 Å². The Morgan fingerprint density at radius 2 is 1.83 bits per heavy atom. The molecule has 0 spiro atoms. The van der Waals surface area contributed by atoms with E-state index in [9.17, 15) is 14.5 Å². The topological polar surface area (TPSA) is 72.4 Å². The molecule has 0 aromatic heterocycles. The first-order chi connectivity index (χ1) is 10.9. The molecule has 2 N–H and O–H groups in total. The van der Waals surface area contributed by atoms with Crippen molar-refractivity contribution in [2.75, 3.05) is 0 Å². The van der Waals surface area contributed by atoms with Crippen molar-refractivity contribution in [3.63, 3.8) is 0 Å². The summed E-state index contributed by atoms with van der Waals surface area (Å²) in [5.41, 5.74) is 1.94. The Labute approximate surface area is 148 Å². The van der Waals surface area contributed by atoms with Crippen LogP contribution in [0.15, 0.2) is 18.2 Å². The third-order valence-corrected chi connectivity index (χ3v) is 5.91. The van der Waals surface area contributed by atoms with Crippen molar-refractivity contribution < 1.29 is 14.5 Å². The van der Waals surface area contributed by atoms with Gasteiger partial charge in [0.1, 0.15) is 4.75 Å². The minimum atomic E-state index is -1.16. The summed E-state index contributed by atoms with van der Waals surface area (Å²) >= 11 is -1.16. The van der Waals surface area contributed by atoms with Crippen LogP contribution in [0.2, 0.25) is 0 Å². The molecule has 1 fully saturated rings. The van der Waals surface area contributed by atoms with Crippen LogP contribution in [0.5, 0.6) is 0 Å². The zero-order valence-electron chi connectivity index (χ0n) is 15.5. The lowest BCUT2D eigenvalue weighted by molar-refractivity contribution is 0.0694. The van der Waals surface area contributed by atoms with Gasteiger partial charge in [-0.3, -0.25) is 0 Å². The summed E-state index contributed by atoms with van der Waals surface area (Å²) in [5, 5.41) is 9.47. The highest BCUT2D eigenvalue weighted by molar-refractivity contribution is 7.90. The molecule has 0 amide bonds. The molecule has 0 heterocycles. The number of aromatic carboxylic acids is 1. The van der Waals surface area contributed by atoms with Gasteiger partial charge in [0.25, 0.3) is 0 Å². The SMILES string of the molecule is CC(C)(C)c1cc([C@H](N[S+]([O-])C(C)(C)C)C2CC2)ccc1C(=O)O. The maximum atomic E-state index is 12.5. The molecule has 5 heteroatoms. The molecule has 1 aliphatic carbocycles. The molecule has 0 saturated heterocycles. The second kappa shape index (κ2) is 6.70. The van der Waals surface area contributed by atoms with Gasteiger partial charge in [-0.1, -0.05) is 32.9 Å². The third-order valence-electron chi connectivity index (χ3n) is 4.32. The smallest absolute Gasteiger partial charge is 0.335 e. The van der Waals surface area contributed by atoms with Gasteiger partial charge in [-0.2, -0.15) is 0 Å². The van der Waals surface area contributed by atoms with Crippen LogP contribution < -0.4 is 4.72 Å². The first-order valence-corrected chi connectivity index (χ1v) is 9.62. The predicted molar refractivity (Wildman–Crippen MR) is 98.6 cm³/mol. The highest BCUT2D eigenvalue weighted by Crippen LogP contribution is 2.43. The number of hydrogen-bond acceptors (Lipinski definition) is 3. The summed E-state index contributed by atoms with van der Waals surface area (Å²) in [6, 6.07) is 5.55. The van der Waals surface area contributed by atoms with E-state index >= 15 is 0 Å². The van der Waals surface area contributed by atoms with Crippen molar-refractivity contribution >= 4 is 17.3 Å². The first-order valence-electron chi connectivity index (χ1n) is 8.47. The van der Waals surface area contributed by atoms with Crippen LogP contribution in [0.25, 0.3) is 0 Å². The molecule has 0 bridgehead atoms. The largest absolute Gasteiger partial charge is 0.598 e. The van der Waals surface area contributed by atoms with Crippen molar-refractivity contribution in [1.82, 2.24) is 4.72 Å². The Balaban J connectivity index is 2.39. The highest BCUT2D eigenvalue weighted by Gasteiger charge is 2.39. The number of carboxylic acid groups (broad SMARTS) is 1. The van der Waals surface area contributed by atoms with Gasteiger partial charge in [0, 0.05) is 11.4 Å². The summed E-state index contributed by atoms with van der Waals surface area (Å²) in [6.07, 6.45) is 2.23. The lowest BCUT2D eigenvalue weighted by atomic mass is 9.82. The van der Waals surface area contributed by atoms with E-state index < -0.39 is 17.3 Å². The summed E-state index contributed by atoms with van der Waals surface area (Å²) in [7, 11) is 0. The van der Waals surface area contributed by atoms with Gasteiger partial charge < -0.3 is 9.66 Å². The number of benzene rings is 1. The molecule has 1 aromatic carbocycles. The van der Waals surface area contributed by atoms with Gasteiger partial charge in [0.2, 0.25) is 0 Å². The summed E-state index contributed by atoms with van der Waals surface area (Å²) in [5.74, 6) is -0.430. The Morgan fingerprint density at radius 3 is 2.25 bits per heavy atom. The van der Waals surface area contributed by atoms with Crippen molar-refractivity contribution in [3.05, 3.63) is 34.9 Å². The van der Waals surface area contributed by atoms with Crippen LogP contribution in [0, 0.1) is 5.92 Å². The van der Waals surface area contributed by atoms with E-state index in [-0.39, 0.29) is 16.2 Å². The molecule has 1 saturated carbocycles. The van der Waals surface area contributed by atoms with Crippen LogP contribution in [-0.4, -0.2) is 20.4 Å². The van der Waals surface area contributed by atoms with Gasteiger partial charge in [0.15, 0.2) is 0 Å². The van der Waals surface area contributed by atoms with Crippen molar-refractivity contribution in [2.24, 2.45) is 5.92 Å². The number of rotatable bonds is 5. The minimum Gasteiger partial charge on any atom is -0.598 e. The minimum absolute atomic E-state index is 0.00834. The fraction of sp³-hybridized carbons (Fsp3) is 0.632. The number of nitrogens with one attached hydrogen (secondary N) is 1. The number of hydrogen-bond donors (Lipinski definition) is 2. The Hall–Kier alpha value is -1.04. The zero-order chi connectivity index (χ0) is 18.3. The van der Waals surface area contributed by atoms with E-state index in [0.717, 1.165) is 24.0 Å². The average Bonchev–Trinajstić information content (AvgIpc) is 3.26. The molecular weight excluding hydrogens is 322 g/mol. The normalized spacial score (nSPS) is 18.3. The molecule has 24 heavy (non-hydrogen) atoms. The number of carbonyl (C=O) groups is 1. The molecule has 4 nitrogen and oxygen atoms in total. The van der Waals surface area contributed by atoms with E-state index in [4.69, 9.17) is 0 Å². The summed E-state index contributed by atoms with van der Waals surface area (Å²) in [6.45, 7) is 11.9. The lowest BCUT2D eigenvalue weighted by Gasteiger charge is -2.29. The predicted octanol–water partition coefficient (Wildman–Crippen LogP) is 4.19. The zero-order valence-corrected chi connectivity index (χ0v) is 16.3. The molecule has 1 unspecified atom stereocenters. The molecule has 0 radical (unpaired) electrons. The Kier molecular flexibility index (Phi) is 5.38. The van der Waals surface area contributed by atoms with E-state index in [1.165, 1.54) is 0 Å². The molecular formula is C19H29NO3S. The summed E-state index contributed by atoms with van der Waals surface area (Å²) in [4.78, 5) is 11.5. The highest BCUT2D eigenvalue weighted by atomic mass is 32.2. The molecule has 2 atom stereocenters. The Morgan fingerprint density at radius 1 is 1.25 bits per heavy atom. The second-order valence-electron chi connectivity index (χ2n) is 8.67. The standard InChI is InChI=1S/C19H29NO3S/c1-18(2,3)15-11-13(9-10-14(15)17(21)22)16(12-7-8-12)20-24(23)19(4,5)6/h9-12,16,20H,7-8H2,1-6H3,(H,21,22)/t16-,24?/m1/s1. The maximum absolute atomic E-state index is 12.5. The van der Waals surface area contributed by atoms with Crippen molar-refractivity contribution in [3.8, 4) is 0 Å². The van der Waals surface area contributed by atoms with Crippen LogP contribution >= 0.6 is 0 Å². The Bertz CT molecular complexity index is 612. The quantitative estimate of drug-likeness (QED) is 0.780. The van der Waals surface area contributed by atoms with Gasteiger partial charge in [-0.25, -0.2) is 4.79 Å². The van der Waals surface area contributed by atoms with Crippen LogP contribution in [-0.2, 0) is 16.8 Å². The fourth-order valence-corrected chi connectivity index (χ4v) is 3.63. The molecule has 1 aromatic rings. The monoisotopic (exact) mass is 351 g/mol. The van der Waals surface area contributed by atoms with Crippen LogP contribution in [0.4, 0.5) is 0 Å². The first kappa shape index (κ1) is 19.3. The number of carboxylic acids is 1. The van der Waals surface area contributed by atoms with Crippen LogP contribution in [0.3, 0.4) is 0 Å². The van der Waals surface area contributed by atoms with E-state index in [2.05, 4.69) is 4.72 Å². The lowest BCUT2D eigenvalue weighted by Crippen LogP contribution is -2.42. The van der Waals surface area contributed by atoms with Crippen molar-refractivity contribution in [1.29, 1.82) is 0 Å². The molecule has 2 rings (SSSR count). The molecule has 1 aliphatic rings. The van der Waals surface area contributed by atoms with Gasteiger partial charge in [-0.05, 0) is 62.1 Å². The van der Waals surface area contributed by atoms with Gasteiger partial charge in [0.05, 0.1) is 11.6 Å². The molecule has 134 valence electrons. The molecule has 0 aliphatic heterocycles. The van der Waals surface area contributed by atoms with E-state index in [1.807, 2.05) is 53.7 Å². The summed E-state index contributed by atoms with van der Waals surface area (Å²) < 4.78 is 15.5. The maximum Gasteiger partial charge on any atom is 0.335 e. The van der Waals surface area contributed by atoms with E-state index in [1.54, 1.807) is 6.07 Å². The van der Waals surface area contributed by atoms with Crippen molar-refractivity contribution in [2.45, 2.75) is 70.6 Å². The third kappa shape index (κ3) is 4.52.